The number of aromatic nitrogens is 4. The summed E-state index contributed by atoms with van der Waals surface area (Å²) in [6, 6.07) is 13.5. The SMILES string of the molecule is CNc1ncnc(-c2cccnc2Oc2ccc(NC(=O)Nc3cccc(C(F)(F)F)c3)cc2)n1. The van der Waals surface area contributed by atoms with E-state index in [1.807, 2.05) is 0 Å². The Kier molecular flexibility index (Phi) is 6.71. The smallest absolute Gasteiger partial charge is 0.416 e. The predicted octanol–water partition coefficient (Wildman–Crippen LogP) is 5.43. The van der Waals surface area contributed by atoms with E-state index in [-0.39, 0.29) is 11.6 Å². The molecular weight excluding hydrogens is 463 g/mol. The van der Waals surface area contributed by atoms with Gasteiger partial charge in [0, 0.05) is 24.6 Å². The van der Waals surface area contributed by atoms with Crippen molar-refractivity contribution in [3.05, 3.63) is 78.8 Å². The molecule has 0 spiro atoms. The van der Waals surface area contributed by atoms with Gasteiger partial charge in [0.25, 0.3) is 0 Å². The van der Waals surface area contributed by atoms with E-state index in [0.717, 1.165) is 12.1 Å². The number of carbonyl (C=O) groups is 1. The largest absolute Gasteiger partial charge is 0.438 e. The third-order valence-electron chi connectivity index (χ3n) is 4.58. The summed E-state index contributed by atoms with van der Waals surface area (Å²) < 4.78 is 44.4. The van der Waals surface area contributed by atoms with Crippen molar-refractivity contribution in [2.45, 2.75) is 6.18 Å². The number of nitrogens with one attached hydrogen (secondary N) is 3. The maximum atomic E-state index is 12.8. The number of urea groups is 1. The van der Waals surface area contributed by atoms with Crippen LogP contribution in [0.4, 0.5) is 35.3 Å². The Morgan fingerprint density at radius 3 is 2.43 bits per heavy atom. The van der Waals surface area contributed by atoms with Gasteiger partial charge in [-0.2, -0.15) is 18.2 Å². The standard InChI is InChI=1S/C23H18F3N7O2/c1-27-21-30-13-29-19(33-21)18-6-3-11-28-20(18)35-17-9-7-15(8-10-17)31-22(34)32-16-5-2-4-14(12-16)23(24,25)26/h2-13H,1H3,(H2,31,32,34)(H,27,29,30,33). The molecule has 2 aromatic carbocycles. The monoisotopic (exact) mass is 481 g/mol. The highest BCUT2D eigenvalue weighted by Crippen LogP contribution is 2.31. The summed E-state index contributed by atoms with van der Waals surface area (Å²) in [6.07, 6.45) is -1.57. The first kappa shape index (κ1) is 23.4. The van der Waals surface area contributed by atoms with Crippen LogP contribution >= 0.6 is 0 Å². The van der Waals surface area contributed by atoms with Gasteiger partial charge in [0.2, 0.25) is 11.8 Å². The molecule has 0 aliphatic heterocycles. The first-order valence-corrected chi connectivity index (χ1v) is 10.2. The van der Waals surface area contributed by atoms with E-state index in [1.54, 1.807) is 49.6 Å². The molecule has 4 rings (SSSR count). The van der Waals surface area contributed by atoms with Crippen molar-refractivity contribution < 1.29 is 22.7 Å². The molecule has 0 aliphatic carbocycles. The zero-order valence-electron chi connectivity index (χ0n) is 18.2. The molecule has 2 heterocycles. The molecule has 0 fully saturated rings. The molecule has 9 nitrogen and oxygen atoms in total. The minimum atomic E-state index is -4.50. The maximum Gasteiger partial charge on any atom is 0.416 e. The van der Waals surface area contributed by atoms with Gasteiger partial charge in [-0.3, -0.25) is 0 Å². The van der Waals surface area contributed by atoms with Crippen molar-refractivity contribution in [3.63, 3.8) is 0 Å². The van der Waals surface area contributed by atoms with Crippen molar-refractivity contribution in [1.82, 2.24) is 19.9 Å². The average Bonchev–Trinajstić information content (AvgIpc) is 2.85. The number of alkyl halides is 3. The summed E-state index contributed by atoms with van der Waals surface area (Å²) in [7, 11) is 1.69. The molecule has 0 saturated heterocycles. The number of halogens is 3. The molecule has 2 amide bonds. The lowest BCUT2D eigenvalue weighted by Crippen LogP contribution is -2.19. The topological polar surface area (TPSA) is 114 Å². The highest BCUT2D eigenvalue weighted by molar-refractivity contribution is 5.99. The predicted molar refractivity (Wildman–Crippen MR) is 123 cm³/mol. The van der Waals surface area contributed by atoms with Gasteiger partial charge >= 0.3 is 12.2 Å². The van der Waals surface area contributed by atoms with Crippen LogP contribution in [0.25, 0.3) is 11.4 Å². The third kappa shape index (κ3) is 5.99. The number of hydrogen-bond donors (Lipinski definition) is 3. The fraction of sp³-hybridized carbons (Fsp3) is 0.0870. The summed E-state index contributed by atoms with van der Waals surface area (Å²) in [6.45, 7) is 0. The number of pyridine rings is 1. The zero-order chi connectivity index (χ0) is 24.8. The number of anilines is 3. The fourth-order valence-corrected chi connectivity index (χ4v) is 2.97. The maximum absolute atomic E-state index is 12.8. The molecule has 0 bridgehead atoms. The number of carbonyl (C=O) groups excluding carboxylic acids is 1. The summed E-state index contributed by atoms with van der Waals surface area (Å²) in [5, 5.41) is 7.77. The van der Waals surface area contributed by atoms with Gasteiger partial charge in [-0.25, -0.2) is 19.7 Å². The Morgan fingerprint density at radius 1 is 0.914 bits per heavy atom. The Bertz CT molecular complexity index is 1330. The lowest BCUT2D eigenvalue weighted by Gasteiger charge is -2.12. The molecule has 12 heteroatoms. The zero-order valence-corrected chi connectivity index (χ0v) is 18.2. The molecule has 4 aromatic rings. The van der Waals surface area contributed by atoms with Gasteiger partial charge in [0.1, 0.15) is 12.1 Å². The number of nitrogens with zero attached hydrogens (tertiary/aromatic N) is 4. The van der Waals surface area contributed by atoms with Crippen LogP contribution in [0.2, 0.25) is 0 Å². The van der Waals surface area contributed by atoms with Crippen LogP contribution in [-0.4, -0.2) is 33.0 Å². The molecule has 2 aromatic heterocycles. The second-order valence-electron chi connectivity index (χ2n) is 7.02. The van der Waals surface area contributed by atoms with Crippen LogP contribution in [0.15, 0.2) is 73.2 Å². The van der Waals surface area contributed by atoms with E-state index in [2.05, 4.69) is 35.9 Å². The van der Waals surface area contributed by atoms with Crippen LogP contribution in [0.1, 0.15) is 5.56 Å². The minimum Gasteiger partial charge on any atom is -0.438 e. The van der Waals surface area contributed by atoms with Crippen molar-refractivity contribution >= 4 is 23.4 Å². The summed E-state index contributed by atoms with van der Waals surface area (Å²) in [5.41, 5.74) is 0.109. The van der Waals surface area contributed by atoms with Crippen molar-refractivity contribution in [1.29, 1.82) is 0 Å². The molecule has 0 radical (unpaired) electrons. The number of rotatable bonds is 6. The van der Waals surface area contributed by atoms with Crippen LogP contribution in [0, 0.1) is 0 Å². The van der Waals surface area contributed by atoms with E-state index in [4.69, 9.17) is 4.74 Å². The fourth-order valence-electron chi connectivity index (χ4n) is 2.97. The van der Waals surface area contributed by atoms with Crippen LogP contribution in [0.3, 0.4) is 0 Å². The van der Waals surface area contributed by atoms with Crippen molar-refractivity contribution in [2.75, 3.05) is 23.0 Å². The molecule has 0 aliphatic rings. The molecule has 0 saturated carbocycles. The molecule has 178 valence electrons. The van der Waals surface area contributed by atoms with E-state index < -0.39 is 17.8 Å². The average molecular weight is 481 g/mol. The van der Waals surface area contributed by atoms with Gasteiger partial charge in [-0.05, 0) is 54.6 Å². The third-order valence-corrected chi connectivity index (χ3v) is 4.58. The van der Waals surface area contributed by atoms with Gasteiger partial charge in [-0.15, -0.1) is 0 Å². The van der Waals surface area contributed by atoms with E-state index in [0.29, 0.717) is 28.8 Å². The number of ether oxygens (including phenoxy) is 1. The van der Waals surface area contributed by atoms with E-state index >= 15 is 0 Å². The summed E-state index contributed by atoms with van der Waals surface area (Å²) in [4.78, 5) is 28.9. The quantitative estimate of drug-likeness (QED) is 0.336. The first-order valence-electron chi connectivity index (χ1n) is 10.2. The molecule has 3 N–H and O–H groups in total. The van der Waals surface area contributed by atoms with Gasteiger partial charge in [0.15, 0.2) is 5.82 Å². The lowest BCUT2D eigenvalue weighted by atomic mass is 10.2. The number of hydrogen-bond acceptors (Lipinski definition) is 7. The van der Waals surface area contributed by atoms with Gasteiger partial charge < -0.3 is 20.7 Å². The molecule has 0 unspecified atom stereocenters. The Labute approximate surface area is 197 Å². The number of amides is 2. The second-order valence-corrected chi connectivity index (χ2v) is 7.02. The first-order chi connectivity index (χ1) is 16.8. The highest BCUT2D eigenvalue weighted by Gasteiger charge is 2.30. The molecule has 0 atom stereocenters. The lowest BCUT2D eigenvalue weighted by molar-refractivity contribution is -0.137. The normalized spacial score (nSPS) is 11.0. The van der Waals surface area contributed by atoms with Gasteiger partial charge in [0.05, 0.1) is 11.1 Å². The summed E-state index contributed by atoms with van der Waals surface area (Å²) >= 11 is 0. The number of benzene rings is 2. The minimum absolute atomic E-state index is 0.0136. The van der Waals surface area contributed by atoms with Crippen LogP contribution in [0.5, 0.6) is 11.6 Å². The highest BCUT2D eigenvalue weighted by atomic mass is 19.4. The molecule has 35 heavy (non-hydrogen) atoms. The Balaban J connectivity index is 1.43. The second kappa shape index (κ2) is 10.0. The van der Waals surface area contributed by atoms with Crippen molar-refractivity contribution in [2.24, 2.45) is 0 Å². The van der Waals surface area contributed by atoms with E-state index in [1.165, 1.54) is 18.5 Å². The van der Waals surface area contributed by atoms with Crippen LogP contribution < -0.4 is 20.7 Å². The van der Waals surface area contributed by atoms with E-state index in [9.17, 15) is 18.0 Å². The Morgan fingerprint density at radius 2 is 1.69 bits per heavy atom. The Hall–Kier alpha value is -4.74. The molecular formula is C23H18F3N7O2. The van der Waals surface area contributed by atoms with Crippen molar-refractivity contribution in [3.8, 4) is 23.0 Å². The summed E-state index contributed by atoms with van der Waals surface area (Å²) in [5.74, 6) is 1.46. The van der Waals surface area contributed by atoms with Gasteiger partial charge in [-0.1, -0.05) is 6.07 Å². The van der Waals surface area contributed by atoms with Crippen LogP contribution in [-0.2, 0) is 6.18 Å².